The summed E-state index contributed by atoms with van der Waals surface area (Å²) < 4.78 is 41.6. The zero-order valence-electron chi connectivity index (χ0n) is 16.8. The minimum absolute atomic E-state index is 0.206. The predicted octanol–water partition coefficient (Wildman–Crippen LogP) is 4.34. The van der Waals surface area contributed by atoms with Crippen molar-refractivity contribution in [1.29, 1.82) is 0 Å². The molecule has 1 aliphatic carbocycles. The van der Waals surface area contributed by atoms with Gasteiger partial charge in [-0.15, -0.1) is 0 Å². The summed E-state index contributed by atoms with van der Waals surface area (Å²) in [4.78, 5) is 18.1. The van der Waals surface area contributed by atoms with Crippen LogP contribution < -0.4 is 5.73 Å². The average molecular weight is 530 g/mol. The molecule has 0 saturated heterocycles. The number of alkyl halides is 4. The van der Waals surface area contributed by atoms with Crippen molar-refractivity contribution in [1.82, 2.24) is 14.5 Å². The maximum atomic E-state index is 13.6. The van der Waals surface area contributed by atoms with Gasteiger partial charge in [-0.1, -0.05) is 40.3 Å². The van der Waals surface area contributed by atoms with E-state index < -0.39 is 21.1 Å². The number of nitrogens with zero attached hydrogens (tertiary/aromatic N) is 3. The van der Waals surface area contributed by atoms with Crippen LogP contribution in [-0.2, 0) is 20.9 Å². The monoisotopic (exact) mass is 530 g/mol. The lowest BCUT2D eigenvalue weighted by molar-refractivity contribution is -0.137. The first kappa shape index (κ1) is 22.5. The second kappa shape index (κ2) is 8.18. The summed E-state index contributed by atoms with van der Waals surface area (Å²) in [6.07, 6.45) is 2.45. The number of carbonyl (C=O) groups excluding carboxylic acids is 1. The lowest BCUT2D eigenvalue weighted by Crippen LogP contribution is -2.29. The second-order valence-corrected chi connectivity index (χ2v) is 9.41. The molecule has 0 bridgehead atoms. The fourth-order valence-corrected chi connectivity index (χ4v) is 4.51. The summed E-state index contributed by atoms with van der Waals surface area (Å²) in [6, 6.07) is 3.71. The molecule has 0 aliphatic heterocycles. The standard InChI is InChI=1S/C21H22F3IN4O/c1-13-4-5-14(19(26)30)11-20(13,25)16-10-15(21(22,23)24)6-7-17(16)29-9-8-27-18(29)12-28(2)3/h4-10H,11-12H2,1-3H3,(H2,26,30). The van der Waals surface area contributed by atoms with E-state index in [1.807, 2.05) is 25.9 Å². The van der Waals surface area contributed by atoms with Gasteiger partial charge in [-0.05, 0) is 44.8 Å². The number of aromatic nitrogens is 2. The molecule has 2 aromatic rings. The van der Waals surface area contributed by atoms with E-state index in [1.54, 1.807) is 29.1 Å². The van der Waals surface area contributed by atoms with Gasteiger partial charge in [-0.25, -0.2) is 4.98 Å². The number of nitrogens with two attached hydrogens (primary N) is 1. The molecule has 1 aromatic heterocycles. The van der Waals surface area contributed by atoms with Crippen LogP contribution in [0.25, 0.3) is 5.69 Å². The van der Waals surface area contributed by atoms with E-state index in [9.17, 15) is 18.0 Å². The Hall–Kier alpha value is -2.14. The first-order chi connectivity index (χ1) is 13.9. The Kier molecular flexibility index (Phi) is 6.15. The van der Waals surface area contributed by atoms with Crippen LogP contribution in [-0.4, -0.2) is 34.5 Å². The van der Waals surface area contributed by atoms with Crippen LogP contribution in [0.3, 0.4) is 0 Å². The third-order valence-electron chi connectivity index (χ3n) is 5.10. The van der Waals surface area contributed by atoms with E-state index in [0.29, 0.717) is 29.2 Å². The zero-order chi connectivity index (χ0) is 22.3. The molecule has 1 aliphatic rings. The van der Waals surface area contributed by atoms with Crippen LogP contribution in [0.1, 0.15) is 30.3 Å². The van der Waals surface area contributed by atoms with Crippen molar-refractivity contribution in [3.05, 3.63) is 70.8 Å². The molecule has 3 rings (SSSR count). The smallest absolute Gasteiger partial charge is 0.366 e. The number of primary amides is 1. The largest absolute Gasteiger partial charge is 0.416 e. The molecule has 5 nitrogen and oxygen atoms in total. The van der Waals surface area contributed by atoms with Gasteiger partial charge in [0.2, 0.25) is 5.91 Å². The molecule has 160 valence electrons. The van der Waals surface area contributed by atoms with Crippen molar-refractivity contribution >= 4 is 28.5 Å². The number of carbonyl (C=O) groups is 1. The highest BCUT2D eigenvalue weighted by atomic mass is 127. The van der Waals surface area contributed by atoms with Gasteiger partial charge in [0, 0.05) is 24.4 Å². The number of hydrogen-bond acceptors (Lipinski definition) is 3. The summed E-state index contributed by atoms with van der Waals surface area (Å²) in [5, 5.41) is 0. The van der Waals surface area contributed by atoms with Crippen LogP contribution in [0.15, 0.2) is 53.9 Å². The molecule has 2 N–H and O–H groups in total. The van der Waals surface area contributed by atoms with Gasteiger partial charge >= 0.3 is 6.18 Å². The number of rotatable bonds is 5. The minimum Gasteiger partial charge on any atom is -0.366 e. The summed E-state index contributed by atoms with van der Waals surface area (Å²) >= 11 is 2.13. The molecular formula is C21H22F3IN4O. The van der Waals surface area contributed by atoms with Crippen molar-refractivity contribution < 1.29 is 18.0 Å². The fourth-order valence-electron chi connectivity index (χ4n) is 3.49. The van der Waals surface area contributed by atoms with Gasteiger partial charge < -0.3 is 15.2 Å². The van der Waals surface area contributed by atoms with Crippen molar-refractivity contribution in [3.8, 4) is 5.69 Å². The topological polar surface area (TPSA) is 64.2 Å². The van der Waals surface area contributed by atoms with E-state index in [1.165, 1.54) is 12.1 Å². The number of halogens is 4. The highest BCUT2D eigenvalue weighted by Crippen LogP contribution is 2.49. The van der Waals surface area contributed by atoms with Gasteiger partial charge in [-0.3, -0.25) is 4.79 Å². The summed E-state index contributed by atoms with van der Waals surface area (Å²) in [5.74, 6) is 0.119. The lowest BCUT2D eigenvalue weighted by atomic mass is 9.81. The molecule has 1 unspecified atom stereocenters. The first-order valence-electron chi connectivity index (χ1n) is 9.19. The summed E-state index contributed by atoms with van der Waals surface area (Å²) in [5.41, 5.74) is 6.99. The molecular weight excluding hydrogens is 508 g/mol. The molecule has 9 heteroatoms. The van der Waals surface area contributed by atoms with Crippen molar-refractivity contribution in [2.45, 2.75) is 29.5 Å². The highest BCUT2D eigenvalue weighted by molar-refractivity contribution is 14.1. The van der Waals surface area contributed by atoms with Gasteiger partial charge in [0.25, 0.3) is 0 Å². The number of hydrogen-bond donors (Lipinski definition) is 1. The molecule has 0 radical (unpaired) electrons. The number of imidazole rings is 1. The van der Waals surface area contributed by atoms with Gasteiger partial charge in [-0.2, -0.15) is 13.2 Å². The van der Waals surface area contributed by atoms with E-state index in [-0.39, 0.29) is 6.42 Å². The maximum Gasteiger partial charge on any atom is 0.416 e. The van der Waals surface area contributed by atoms with Crippen LogP contribution in [0.2, 0.25) is 0 Å². The highest BCUT2D eigenvalue weighted by Gasteiger charge is 2.40. The molecule has 1 heterocycles. The van der Waals surface area contributed by atoms with E-state index >= 15 is 0 Å². The fraction of sp³-hybridized carbons (Fsp3) is 0.333. The number of amides is 1. The molecule has 0 spiro atoms. The Balaban J connectivity index is 2.24. The van der Waals surface area contributed by atoms with Crippen LogP contribution in [0, 0.1) is 0 Å². The van der Waals surface area contributed by atoms with Crippen LogP contribution >= 0.6 is 22.6 Å². The third kappa shape index (κ3) is 4.31. The van der Waals surface area contributed by atoms with E-state index in [4.69, 9.17) is 5.73 Å². The van der Waals surface area contributed by atoms with Crippen molar-refractivity contribution in [3.63, 3.8) is 0 Å². The van der Waals surface area contributed by atoms with Gasteiger partial charge in [0.1, 0.15) is 5.82 Å². The Labute approximate surface area is 186 Å². The Bertz CT molecular complexity index is 1040. The van der Waals surface area contributed by atoms with Crippen molar-refractivity contribution in [2.24, 2.45) is 5.73 Å². The Morgan fingerprint density at radius 2 is 2.03 bits per heavy atom. The minimum atomic E-state index is -4.49. The Morgan fingerprint density at radius 3 is 2.63 bits per heavy atom. The molecule has 0 saturated carbocycles. The molecule has 1 aromatic carbocycles. The number of allylic oxidation sites excluding steroid dienone is 3. The lowest BCUT2D eigenvalue weighted by Gasteiger charge is -2.35. The molecule has 0 fully saturated rings. The molecule has 1 amide bonds. The summed E-state index contributed by atoms with van der Waals surface area (Å²) in [7, 11) is 3.79. The zero-order valence-corrected chi connectivity index (χ0v) is 19.0. The Morgan fingerprint density at radius 1 is 1.33 bits per heavy atom. The third-order valence-corrected chi connectivity index (χ3v) is 6.91. The quantitative estimate of drug-likeness (QED) is 0.462. The second-order valence-electron chi connectivity index (χ2n) is 7.56. The molecule has 30 heavy (non-hydrogen) atoms. The molecule has 1 atom stereocenters. The average Bonchev–Trinajstić information content (AvgIpc) is 3.09. The van der Waals surface area contributed by atoms with Crippen LogP contribution in [0.4, 0.5) is 13.2 Å². The van der Waals surface area contributed by atoms with Crippen molar-refractivity contribution in [2.75, 3.05) is 14.1 Å². The summed E-state index contributed by atoms with van der Waals surface area (Å²) in [6.45, 7) is 2.36. The normalized spacial score (nSPS) is 19.6. The van der Waals surface area contributed by atoms with Crippen LogP contribution in [0.5, 0.6) is 0 Å². The van der Waals surface area contributed by atoms with Gasteiger partial charge in [0.05, 0.1) is 21.2 Å². The number of benzene rings is 1. The first-order valence-corrected chi connectivity index (χ1v) is 10.3. The van der Waals surface area contributed by atoms with E-state index in [2.05, 4.69) is 27.6 Å². The maximum absolute atomic E-state index is 13.6. The van der Waals surface area contributed by atoms with E-state index in [0.717, 1.165) is 11.6 Å². The SMILES string of the molecule is CC1=CC=C(C(N)=O)CC1(I)c1cc(C(F)(F)F)ccc1-n1ccnc1CN(C)C. The predicted molar refractivity (Wildman–Crippen MR) is 117 cm³/mol. The van der Waals surface area contributed by atoms with Gasteiger partial charge in [0.15, 0.2) is 0 Å².